The molecule has 0 spiro atoms. The van der Waals surface area contributed by atoms with Crippen LogP contribution < -0.4 is 4.74 Å². The maximum Gasteiger partial charge on any atom is 0.308 e. The summed E-state index contributed by atoms with van der Waals surface area (Å²) >= 11 is 0. The van der Waals surface area contributed by atoms with E-state index in [9.17, 15) is 4.79 Å². The van der Waals surface area contributed by atoms with E-state index in [2.05, 4.69) is 64.1 Å². The minimum Gasteiger partial charge on any atom is -0.427 e. The van der Waals surface area contributed by atoms with Gasteiger partial charge in [0.1, 0.15) is 5.75 Å². The summed E-state index contributed by atoms with van der Waals surface area (Å²) < 4.78 is 5.16. The molecule has 2 nitrogen and oxygen atoms in total. The first-order valence-electron chi connectivity index (χ1n) is 8.17. The standard InChI is InChI=1S/C21H24O2/c1-14-20(3,4)18-8-6-7-9-19(18)21(14,5)16-10-12-17(13-11-16)23-15(2)22/h6-14H,1-5H3. The largest absolute Gasteiger partial charge is 0.427 e. The molecule has 1 aliphatic rings. The molecule has 3 rings (SSSR count). The first kappa shape index (κ1) is 15.8. The molecule has 2 heteroatoms. The lowest BCUT2D eigenvalue weighted by Gasteiger charge is -2.36. The predicted molar refractivity (Wildman–Crippen MR) is 92.8 cm³/mol. The number of hydrogen-bond acceptors (Lipinski definition) is 2. The van der Waals surface area contributed by atoms with Gasteiger partial charge in [-0.3, -0.25) is 4.79 Å². The van der Waals surface area contributed by atoms with Crippen molar-refractivity contribution in [3.63, 3.8) is 0 Å². The van der Waals surface area contributed by atoms with Crippen molar-refractivity contribution in [1.29, 1.82) is 0 Å². The Morgan fingerprint density at radius 3 is 2.09 bits per heavy atom. The van der Waals surface area contributed by atoms with Crippen molar-refractivity contribution in [3.05, 3.63) is 65.2 Å². The quantitative estimate of drug-likeness (QED) is 0.586. The number of ether oxygens (including phenoxy) is 1. The van der Waals surface area contributed by atoms with Gasteiger partial charge in [0.05, 0.1) is 0 Å². The van der Waals surface area contributed by atoms with E-state index < -0.39 is 0 Å². The molecular formula is C21H24O2. The van der Waals surface area contributed by atoms with Gasteiger partial charge in [0.2, 0.25) is 0 Å². The van der Waals surface area contributed by atoms with Crippen molar-refractivity contribution in [2.75, 3.05) is 0 Å². The number of carbonyl (C=O) groups excluding carboxylic acids is 1. The molecular weight excluding hydrogens is 284 g/mol. The summed E-state index contributed by atoms with van der Waals surface area (Å²) in [6.45, 7) is 10.7. The monoisotopic (exact) mass is 308 g/mol. The lowest BCUT2D eigenvalue weighted by molar-refractivity contribution is -0.131. The van der Waals surface area contributed by atoms with Crippen molar-refractivity contribution in [1.82, 2.24) is 0 Å². The third-order valence-corrected chi connectivity index (χ3v) is 5.84. The van der Waals surface area contributed by atoms with Crippen LogP contribution in [0.3, 0.4) is 0 Å². The van der Waals surface area contributed by atoms with Crippen LogP contribution in [0.5, 0.6) is 5.75 Å². The lowest BCUT2D eigenvalue weighted by Crippen LogP contribution is -2.34. The zero-order valence-corrected chi connectivity index (χ0v) is 14.5. The van der Waals surface area contributed by atoms with Crippen LogP contribution in [0.1, 0.15) is 51.3 Å². The number of carbonyl (C=O) groups is 1. The topological polar surface area (TPSA) is 26.3 Å². The molecule has 0 radical (unpaired) electrons. The molecule has 0 heterocycles. The molecule has 0 amide bonds. The van der Waals surface area contributed by atoms with Gasteiger partial charge < -0.3 is 4.74 Å². The van der Waals surface area contributed by atoms with E-state index in [1.54, 1.807) is 0 Å². The summed E-state index contributed by atoms with van der Waals surface area (Å²) in [4.78, 5) is 11.1. The number of hydrogen-bond donors (Lipinski definition) is 0. The van der Waals surface area contributed by atoms with Crippen molar-refractivity contribution in [2.45, 2.75) is 45.4 Å². The average Bonchev–Trinajstić information content (AvgIpc) is 2.68. The van der Waals surface area contributed by atoms with Crippen LogP contribution in [-0.4, -0.2) is 5.97 Å². The van der Waals surface area contributed by atoms with Crippen LogP contribution in [-0.2, 0) is 15.6 Å². The van der Waals surface area contributed by atoms with E-state index in [1.165, 1.54) is 23.6 Å². The summed E-state index contributed by atoms with van der Waals surface area (Å²) in [6, 6.07) is 16.7. The number of esters is 1. The van der Waals surface area contributed by atoms with Gasteiger partial charge in [-0.2, -0.15) is 0 Å². The van der Waals surface area contributed by atoms with Crippen LogP contribution in [0.4, 0.5) is 0 Å². The summed E-state index contributed by atoms with van der Waals surface area (Å²) in [5.74, 6) is 0.777. The number of benzene rings is 2. The maximum atomic E-state index is 11.1. The van der Waals surface area contributed by atoms with Crippen LogP contribution in [0.2, 0.25) is 0 Å². The van der Waals surface area contributed by atoms with E-state index in [-0.39, 0.29) is 16.8 Å². The number of rotatable bonds is 2. The van der Waals surface area contributed by atoms with Crippen LogP contribution in [0, 0.1) is 5.92 Å². The Hall–Kier alpha value is -2.09. The van der Waals surface area contributed by atoms with Gasteiger partial charge in [0.15, 0.2) is 0 Å². The van der Waals surface area contributed by atoms with Gasteiger partial charge in [-0.15, -0.1) is 0 Å². The second kappa shape index (κ2) is 5.23. The fourth-order valence-corrected chi connectivity index (χ4v) is 4.13. The van der Waals surface area contributed by atoms with E-state index in [0.29, 0.717) is 11.7 Å². The fourth-order valence-electron chi connectivity index (χ4n) is 4.13. The van der Waals surface area contributed by atoms with E-state index in [4.69, 9.17) is 4.74 Å². The van der Waals surface area contributed by atoms with Gasteiger partial charge in [0, 0.05) is 12.3 Å². The zero-order chi connectivity index (χ0) is 16.8. The molecule has 0 saturated heterocycles. The Morgan fingerprint density at radius 1 is 0.957 bits per heavy atom. The molecule has 2 atom stereocenters. The first-order chi connectivity index (χ1) is 10.8. The average molecular weight is 308 g/mol. The van der Waals surface area contributed by atoms with Crippen LogP contribution >= 0.6 is 0 Å². The lowest BCUT2D eigenvalue weighted by atomic mass is 9.67. The highest BCUT2D eigenvalue weighted by Crippen LogP contribution is 2.56. The smallest absolute Gasteiger partial charge is 0.308 e. The molecule has 0 saturated carbocycles. The first-order valence-corrected chi connectivity index (χ1v) is 8.17. The molecule has 1 aliphatic carbocycles. The molecule has 0 aliphatic heterocycles. The predicted octanol–water partition coefficient (Wildman–Crippen LogP) is 4.85. The van der Waals surface area contributed by atoms with Crippen molar-refractivity contribution in [3.8, 4) is 5.75 Å². The molecule has 23 heavy (non-hydrogen) atoms. The Balaban J connectivity index is 2.09. The molecule has 2 unspecified atom stereocenters. The van der Waals surface area contributed by atoms with E-state index in [1.807, 2.05) is 12.1 Å². The fraction of sp³-hybridized carbons (Fsp3) is 0.381. The van der Waals surface area contributed by atoms with Gasteiger partial charge in [0.25, 0.3) is 0 Å². The molecule has 0 bridgehead atoms. The summed E-state index contributed by atoms with van der Waals surface area (Å²) in [6.07, 6.45) is 0. The minimum absolute atomic E-state index is 0.0468. The van der Waals surface area contributed by atoms with Crippen LogP contribution in [0.25, 0.3) is 0 Å². The third-order valence-electron chi connectivity index (χ3n) is 5.84. The van der Waals surface area contributed by atoms with E-state index in [0.717, 1.165) is 0 Å². The third kappa shape index (κ3) is 2.28. The maximum absolute atomic E-state index is 11.1. The van der Waals surface area contributed by atoms with Crippen LogP contribution in [0.15, 0.2) is 48.5 Å². The SMILES string of the molecule is CC(=O)Oc1ccc(C2(C)c3ccccc3C(C)(C)C2C)cc1. The summed E-state index contributed by atoms with van der Waals surface area (Å²) in [5, 5.41) is 0. The molecule has 2 aromatic carbocycles. The second-order valence-electron chi connectivity index (χ2n) is 7.31. The van der Waals surface area contributed by atoms with Gasteiger partial charge in [-0.25, -0.2) is 0 Å². The Bertz CT molecular complexity index is 743. The molecule has 120 valence electrons. The normalized spacial score (nSPS) is 25.0. The zero-order valence-electron chi connectivity index (χ0n) is 14.5. The molecule has 0 fully saturated rings. The van der Waals surface area contributed by atoms with Gasteiger partial charge >= 0.3 is 5.97 Å². The highest BCUT2D eigenvalue weighted by Gasteiger charge is 2.51. The highest BCUT2D eigenvalue weighted by molar-refractivity contribution is 5.69. The molecule has 0 N–H and O–H groups in total. The molecule has 2 aromatic rings. The summed E-state index contributed by atoms with van der Waals surface area (Å²) in [7, 11) is 0. The van der Waals surface area contributed by atoms with Crippen molar-refractivity contribution < 1.29 is 9.53 Å². The van der Waals surface area contributed by atoms with Gasteiger partial charge in [-0.1, -0.05) is 64.1 Å². The Labute approximate surface area is 138 Å². The molecule has 0 aromatic heterocycles. The summed E-state index contributed by atoms with van der Waals surface area (Å²) in [5.41, 5.74) is 4.17. The Kier molecular flexibility index (Phi) is 3.59. The second-order valence-corrected chi connectivity index (χ2v) is 7.31. The van der Waals surface area contributed by atoms with Crippen molar-refractivity contribution in [2.24, 2.45) is 5.92 Å². The van der Waals surface area contributed by atoms with E-state index >= 15 is 0 Å². The van der Waals surface area contributed by atoms with Crippen molar-refractivity contribution >= 4 is 5.97 Å². The Morgan fingerprint density at radius 2 is 1.52 bits per heavy atom. The number of fused-ring (bicyclic) bond motifs is 1. The van der Waals surface area contributed by atoms with Gasteiger partial charge in [-0.05, 0) is 40.2 Å². The highest BCUT2D eigenvalue weighted by atomic mass is 16.5. The minimum atomic E-state index is -0.287.